The lowest BCUT2D eigenvalue weighted by Crippen LogP contribution is -2.23. The number of aryl methyl sites for hydroxylation is 1. The summed E-state index contributed by atoms with van der Waals surface area (Å²) in [7, 11) is 0. The van der Waals surface area contributed by atoms with Gasteiger partial charge >= 0.3 is 0 Å². The number of furan rings is 1. The first-order valence-corrected chi connectivity index (χ1v) is 7.52. The van der Waals surface area contributed by atoms with Crippen molar-refractivity contribution in [3.63, 3.8) is 0 Å². The van der Waals surface area contributed by atoms with Gasteiger partial charge in [-0.25, -0.2) is 0 Å². The lowest BCUT2D eigenvalue weighted by molar-refractivity contribution is 0.398. The maximum atomic E-state index is 5.77. The first-order valence-electron chi connectivity index (χ1n) is 6.73. The molecule has 19 heavy (non-hydrogen) atoms. The van der Waals surface area contributed by atoms with Crippen molar-refractivity contribution in [2.75, 3.05) is 6.54 Å². The fourth-order valence-electron chi connectivity index (χ4n) is 2.13. The van der Waals surface area contributed by atoms with E-state index in [1.165, 1.54) is 5.56 Å². The molecule has 0 saturated heterocycles. The Hall–Kier alpha value is -1.06. The molecular formula is C16H20BrNO. The maximum Gasteiger partial charge on any atom is 0.121 e. The van der Waals surface area contributed by atoms with Crippen molar-refractivity contribution in [3.05, 3.63) is 58.0 Å². The molecule has 1 atom stereocenters. The molecule has 0 aliphatic rings. The largest absolute Gasteiger partial charge is 0.465 e. The number of hydrogen-bond donors (Lipinski definition) is 1. The van der Waals surface area contributed by atoms with E-state index in [-0.39, 0.29) is 6.04 Å². The molecule has 0 spiro atoms. The van der Waals surface area contributed by atoms with Crippen LogP contribution in [0, 0.1) is 6.92 Å². The van der Waals surface area contributed by atoms with Gasteiger partial charge in [-0.15, -0.1) is 0 Å². The van der Waals surface area contributed by atoms with Crippen molar-refractivity contribution in [1.29, 1.82) is 0 Å². The van der Waals surface area contributed by atoms with Crippen molar-refractivity contribution >= 4 is 15.9 Å². The molecule has 0 bridgehead atoms. The highest BCUT2D eigenvalue weighted by atomic mass is 79.9. The molecule has 0 amide bonds. The Morgan fingerprint density at radius 2 is 2.11 bits per heavy atom. The van der Waals surface area contributed by atoms with Crippen LogP contribution in [-0.2, 0) is 6.42 Å². The van der Waals surface area contributed by atoms with E-state index in [0.717, 1.165) is 35.4 Å². The van der Waals surface area contributed by atoms with E-state index < -0.39 is 0 Å². The van der Waals surface area contributed by atoms with Crippen LogP contribution in [0.3, 0.4) is 0 Å². The van der Waals surface area contributed by atoms with Gasteiger partial charge in [0, 0.05) is 4.47 Å². The van der Waals surface area contributed by atoms with Crippen LogP contribution in [0.2, 0.25) is 0 Å². The highest BCUT2D eigenvalue weighted by molar-refractivity contribution is 9.10. The summed E-state index contributed by atoms with van der Waals surface area (Å²) >= 11 is 3.52. The topological polar surface area (TPSA) is 25.2 Å². The molecule has 0 saturated carbocycles. The van der Waals surface area contributed by atoms with Gasteiger partial charge in [0.25, 0.3) is 0 Å². The summed E-state index contributed by atoms with van der Waals surface area (Å²) in [5, 5.41) is 3.56. The third-order valence-corrected chi connectivity index (χ3v) is 3.57. The Morgan fingerprint density at radius 1 is 1.26 bits per heavy atom. The minimum atomic E-state index is 0.239. The average molecular weight is 322 g/mol. The molecular weight excluding hydrogens is 302 g/mol. The van der Waals surface area contributed by atoms with E-state index in [9.17, 15) is 0 Å². The monoisotopic (exact) mass is 321 g/mol. The quantitative estimate of drug-likeness (QED) is 0.838. The number of benzene rings is 1. The van der Waals surface area contributed by atoms with E-state index in [1.807, 2.05) is 13.0 Å². The number of hydrogen-bond acceptors (Lipinski definition) is 2. The molecule has 102 valence electrons. The highest BCUT2D eigenvalue weighted by Crippen LogP contribution is 2.22. The molecule has 2 aromatic rings. The standard InChI is InChI=1S/C16H20BrNO/c1-3-9-18-15(16-8-7-12(2)19-16)11-13-5-4-6-14(17)10-13/h4-8,10,15,18H,3,9,11H2,1-2H3. The van der Waals surface area contributed by atoms with E-state index in [2.05, 4.69) is 58.5 Å². The van der Waals surface area contributed by atoms with Crippen LogP contribution < -0.4 is 5.32 Å². The number of nitrogens with one attached hydrogen (secondary N) is 1. The van der Waals surface area contributed by atoms with Gasteiger partial charge in [-0.1, -0.05) is 35.0 Å². The first-order chi connectivity index (χ1) is 9.19. The summed E-state index contributed by atoms with van der Waals surface area (Å²) < 4.78 is 6.89. The van der Waals surface area contributed by atoms with Crippen LogP contribution in [0.25, 0.3) is 0 Å². The molecule has 1 heterocycles. The third kappa shape index (κ3) is 4.22. The third-order valence-electron chi connectivity index (χ3n) is 3.07. The van der Waals surface area contributed by atoms with Crippen LogP contribution in [-0.4, -0.2) is 6.54 Å². The minimum absolute atomic E-state index is 0.239. The Morgan fingerprint density at radius 3 is 2.74 bits per heavy atom. The molecule has 0 fully saturated rings. The smallest absolute Gasteiger partial charge is 0.121 e. The second kappa shape index (κ2) is 6.92. The summed E-state index contributed by atoms with van der Waals surface area (Å²) in [5.74, 6) is 1.98. The predicted octanol–water partition coefficient (Wildman–Crippen LogP) is 4.63. The van der Waals surface area contributed by atoms with Crippen LogP contribution >= 0.6 is 15.9 Å². The average Bonchev–Trinajstić information content (AvgIpc) is 2.81. The summed E-state index contributed by atoms with van der Waals surface area (Å²) in [6.45, 7) is 5.16. The van der Waals surface area contributed by atoms with Gasteiger partial charge in [0.05, 0.1) is 6.04 Å². The highest BCUT2D eigenvalue weighted by Gasteiger charge is 2.15. The van der Waals surface area contributed by atoms with Crippen LogP contribution in [0.1, 0.15) is 36.5 Å². The predicted molar refractivity (Wildman–Crippen MR) is 82.3 cm³/mol. The lowest BCUT2D eigenvalue weighted by atomic mass is 10.0. The molecule has 1 aromatic heterocycles. The van der Waals surface area contributed by atoms with Gasteiger partial charge in [-0.3, -0.25) is 0 Å². The minimum Gasteiger partial charge on any atom is -0.465 e. The zero-order valence-corrected chi connectivity index (χ0v) is 13.0. The molecule has 2 rings (SSSR count). The molecule has 0 aliphatic carbocycles. The van der Waals surface area contributed by atoms with Gasteiger partial charge in [0.2, 0.25) is 0 Å². The SMILES string of the molecule is CCCNC(Cc1cccc(Br)c1)c1ccc(C)o1. The van der Waals surface area contributed by atoms with Crippen molar-refractivity contribution in [2.24, 2.45) is 0 Å². The van der Waals surface area contributed by atoms with Crippen LogP contribution in [0.15, 0.2) is 45.3 Å². The van der Waals surface area contributed by atoms with Gasteiger partial charge < -0.3 is 9.73 Å². The lowest BCUT2D eigenvalue weighted by Gasteiger charge is -2.16. The second-order valence-corrected chi connectivity index (χ2v) is 5.70. The first kappa shape index (κ1) is 14.4. The van der Waals surface area contributed by atoms with E-state index in [0.29, 0.717) is 0 Å². The van der Waals surface area contributed by atoms with Crippen LogP contribution in [0.5, 0.6) is 0 Å². The second-order valence-electron chi connectivity index (χ2n) is 4.79. The Bertz CT molecular complexity index is 521. The number of rotatable bonds is 6. The van der Waals surface area contributed by atoms with Gasteiger partial charge in [-0.2, -0.15) is 0 Å². The van der Waals surface area contributed by atoms with Gasteiger partial charge in [0.15, 0.2) is 0 Å². The fraction of sp³-hybridized carbons (Fsp3) is 0.375. The normalized spacial score (nSPS) is 12.6. The molecule has 2 nitrogen and oxygen atoms in total. The van der Waals surface area contributed by atoms with Crippen molar-refractivity contribution in [3.8, 4) is 0 Å². The Kier molecular flexibility index (Phi) is 5.23. The zero-order chi connectivity index (χ0) is 13.7. The van der Waals surface area contributed by atoms with E-state index in [4.69, 9.17) is 4.42 Å². The maximum absolute atomic E-state index is 5.77. The number of halogens is 1. The van der Waals surface area contributed by atoms with E-state index in [1.54, 1.807) is 0 Å². The molecule has 0 radical (unpaired) electrons. The van der Waals surface area contributed by atoms with Crippen LogP contribution in [0.4, 0.5) is 0 Å². The summed E-state index contributed by atoms with van der Waals surface area (Å²) in [6.07, 6.45) is 2.06. The fourth-order valence-corrected chi connectivity index (χ4v) is 2.58. The summed E-state index contributed by atoms with van der Waals surface area (Å²) in [6, 6.07) is 12.8. The zero-order valence-electron chi connectivity index (χ0n) is 11.4. The van der Waals surface area contributed by atoms with Crippen molar-refractivity contribution in [2.45, 2.75) is 32.7 Å². The molecule has 1 unspecified atom stereocenters. The van der Waals surface area contributed by atoms with Gasteiger partial charge in [-0.05, 0) is 56.1 Å². The summed E-state index contributed by atoms with van der Waals surface area (Å²) in [4.78, 5) is 0. The molecule has 3 heteroatoms. The van der Waals surface area contributed by atoms with Gasteiger partial charge in [0.1, 0.15) is 11.5 Å². The van der Waals surface area contributed by atoms with Crippen molar-refractivity contribution in [1.82, 2.24) is 5.32 Å². The Balaban J connectivity index is 2.13. The molecule has 1 aromatic carbocycles. The molecule has 0 aliphatic heterocycles. The molecule has 1 N–H and O–H groups in total. The summed E-state index contributed by atoms with van der Waals surface area (Å²) in [5.41, 5.74) is 1.30. The Labute approximate surface area is 123 Å². The van der Waals surface area contributed by atoms with Crippen molar-refractivity contribution < 1.29 is 4.42 Å². The van der Waals surface area contributed by atoms with E-state index >= 15 is 0 Å².